The van der Waals surface area contributed by atoms with E-state index in [2.05, 4.69) is 41.2 Å². The first-order valence-corrected chi connectivity index (χ1v) is 13.8. The Hall–Kier alpha value is -0.380. The van der Waals surface area contributed by atoms with Crippen LogP contribution in [0.4, 0.5) is 0 Å². The van der Waals surface area contributed by atoms with E-state index in [9.17, 15) is 15.3 Å². The Bertz CT molecular complexity index is 765. The van der Waals surface area contributed by atoms with Crippen LogP contribution in [0.25, 0.3) is 0 Å². The number of rotatable bonds is 5. The van der Waals surface area contributed by atoms with E-state index in [4.69, 9.17) is 0 Å². The van der Waals surface area contributed by atoms with E-state index in [0.29, 0.717) is 40.4 Å². The number of allylic oxidation sites excluding steroid dienone is 1. The van der Waals surface area contributed by atoms with Gasteiger partial charge in [0.25, 0.3) is 0 Å². The molecule has 9 atom stereocenters. The second-order valence-electron chi connectivity index (χ2n) is 14.6. The summed E-state index contributed by atoms with van der Waals surface area (Å²) >= 11 is 0. The van der Waals surface area contributed by atoms with Gasteiger partial charge in [-0.2, -0.15) is 0 Å². The van der Waals surface area contributed by atoms with Crippen LogP contribution in [0.2, 0.25) is 0 Å². The van der Waals surface area contributed by atoms with Crippen molar-refractivity contribution in [2.24, 2.45) is 45.3 Å². The number of fused-ring (bicyclic) bond motifs is 5. The number of aliphatic hydroxyl groups is 3. The summed E-state index contributed by atoms with van der Waals surface area (Å²) in [6.45, 7) is 20.4. The van der Waals surface area contributed by atoms with Crippen molar-refractivity contribution in [3.8, 4) is 0 Å². The van der Waals surface area contributed by atoms with Gasteiger partial charge in [0.2, 0.25) is 0 Å². The summed E-state index contributed by atoms with van der Waals surface area (Å²) in [5.74, 6) is 2.59. The third-order valence-electron chi connectivity index (χ3n) is 12.5. The lowest BCUT2D eigenvalue weighted by Crippen LogP contribution is -2.63. The van der Waals surface area contributed by atoms with Gasteiger partial charge >= 0.3 is 0 Å². The molecule has 4 rings (SSSR count). The molecule has 0 aromatic heterocycles. The minimum absolute atomic E-state index is 0.0138. The predicted octanol–water partition coefficient (Wildman–Crippen LogP) is 6.50. The van der Waals surface area contributed by atoms with Gasteiger partial charge in [0.05, 0.1) is 17.8 Å². The zero-order chi connectivity index (χ0) is 24.6. The first kappa shape index (κ1) is 25.7. The van der Waals surface area contributed by atoms with Gasteiger partial charge in [-0.15, -0.1) is 0 Å². The summed E-state index contributed by atoms with van der Waals surface area (Å²) in [6, 6.07) is 0. The second kappa shape index (κ2) is 8.07. The average Bonchev–Trinajstić information content (AvgIpc) is 3.07. The quantitative estimate of drug-likeness (QED) is 0.410. The molecule has 0 radical (unpaired) electrons. The van der Waals surface area contributed by atoms with E-state index in [0.717, 1.165) is 18.8 Å². The second-order valence-corrected chi connectivity index (χ2v) is 14.6. The molecule has 0 amide bonds. The average molecular weight is 461 g/mol. The van der Waals surface area contributed by atoms with Crippen LogP contribution >= 0.6 is 0 Å². The van der Waals surface area contributed by atoms with Gasteiger partial charge in [-0.05, 0) is 123 Å². The standard InChI is InChI=1S/C30H52O3/c1-19(9-12-25(32)27(4,5)33)20-13-17-29(7)21(20)10-11-23-28(6)16-15-24(31)26(2,3)22(28)14-18-30(23,29)8/h20-25,31-33H,1,9-18H2,2-8H3/t20-,21-,22-,23-,24+,25+,28+,29-,30-/m1/s1. The van der Waals surface area contributed by atoms with Crippen molar-refractivity contribution in [1.82, 2.24) is 0 Å². The summed E-state index contributed by atoms with van der Waals surface area (Å²) in [5, 5.41) is 31.3. The van der Waals surface area contributed by atoms with Crippen molar-refractivity contribution >= 4 is 0 Å². The van der Waals surface area contributed by atoms with E-state index in [1.807, 2.05) is 0 Å². The first-order valence-electron chi connectivity index (χ1n) is 13.8. The molecule has 0 bridgehead atoms. The van der Waals surface area contributed by atoms with Gasteiger partial charge in [0.1, 0.15) is 0 Å². The normalized spacial score (nSPS) is 47.9. The summed E-state index contributed by atoms with van der Waals surface area (Å²) in [7, 11) is 0. The van der Waals surface area contributed by atoms with E-state index in [1.165, 1.54) is 50.5 Å². The lowest BCUT2D eigenvalue weighted by molar-refractivity contribution is -0.220. The molecule has 4 aliphatic rings. The highest BCUT2D eigenvalue weighted by molar-refractivity contribution is 5.20. The van der Waals surface area contributed by atoms with Gasteiger partial charge in [0.15, 0.2) is 0 Å². The molecule has 0 spiro atoms. The minimum atomic E-state index is -1.05. The highest BCUT2D eigenvalue weighted by Crippen LogP contribution is 2.75. The molecule has 190 valence electrons. The van der Waals surface area contributed by atoms with Crippen molar-refractivity contribution in [1.29, 1.82) is 0 Å². The maximum atomic E-state index is 10.8. The van der Waals surface area contributed by atoms with E-state index >= 15 is 0 Å². The Morgan fingerprint density at radius 2 is 1.55 bits per heavy atom. The van der Waals surface area contributed by atoms with Crippen LogP contribution < -0.4 is 0 Å². The molecule has 0 aromatic rings. The molecule has 4 aliphatic carbocycles. The number of aliphatic hydroxyl groups excluding tert-OH is 2. The van der Waals surface area contributed by atoms with E-state index < -0.39 is 11.7 Å². The molecular formula is C30H52O3. The Kier molecular flexibility index (Phi) is 6.28. The first-order chi connectivity index (χ1) is 15.1. The lowest BCUT2D eigenvalue weighted by atomic mass is 9.35. The molecule has 3 nitrogen and oxygen atoms in total. The Morgan fingerprint density at radius 1 is 0.909 bits per heavy atom. The lowest BCUT2D eigenvalue weighted by Gasteiger charge is -2.69. The summed E-state index contributed by atoms with van der Waals surface area (Å²) in [4.78, 5) is 0. The fourth-order valence-electron chi connectivity index (χ4n) is 10.1. The Balaban J connectivity index is 1.55. The SMILES string of the molecule is C=C(CC[C@H](O)C(C)(C)O)[C@H]1CC[C@]2(C)[C@@H]1CC[C@@H]1[C@@]3(C)CC[C@H](O)C(C)(C)[C@H]3CC[C@]12C. The van der Waals surface area contributed by atoms with Crippen LogP contribution in [0.15, 0.2) is 12.2 Å². The zero-order valence-corrected chi connectivity index (χ0v) is 22.6. The maximum absolute atomic E-state index is 10.8. The topological polar surface area (TPSA) is 60.7 Å². The smallest absolute Gasteiger partial charge is 0.0849 e. The minimum Gasteiger partial charge on any atom is -0.393 e. The molecule has 0 saturated heterocycles. The van der Waals surface area contributed by atoms with Crippen molar-refractivity contribution in [2.75, 3.05) is 0 Å². The van der Waals surface area contributed by atoms with Crippen molar-refractivity contribution in [3.05, 3.63) is 12.2 Å². The Labute approximate surface area is 203 Å². The van der Waals surface area contributed by atoms with Gasteiger partial charge in [-0.25, -0.2) is 0 Å². The molecule has 0 aromatic carbocycles. The third kappa shape index (κ3) is 3.70. The fraction of sp³-hybridized carbons (Fsp3) is 0.933. The number of hydrogen-bond acceptors (Lipinski definition) is 3. The van der Waals surface area contributed by atoms with Crippen molar-refractivity contribution in [3.63, 3.8) is 0 Å². The van der Waals surface area contributed by atoms with E-state index in [-0.39, 0.29) is 11.5 Å². The predicted molar refractivity (Wildman–Crippen MR) is 136 cm³/mol. The van der Waals surface area contributed by atoms with Gasteiger partial charge in [-0.3, -0.25) is 0 Å². The van der Waals surface area contributed by atoms with Crippen LogP contribution in [-0.4, -0.2) is 33.1 Å². The molecule has 4 saturated carbocycles. The third-order valence-corrected chi connectivity index (χ3v) is 12.5. The molecule has 0 heterocycles. The van der Waals surface area contributed by atoms with Crippen LogP contribution in [-0.2, 0) is 0 Å². The van der Waals surface area contributed by atoms with Gasteiger partial charge in [-0.1, -0.05) is 46.8 Å². The van der Waals surface area contributed by atoms with Crippen molar-refractivity contribution in [2.45, 2.75) is 130 Å². The van der Waals surface area contributed by atoms with Crippen LogP contribution in [0, 0.1) is 45.3 Å². The fourth-order valence-corrected chi connectivity index (χ4v) is 10.1. The molecule has 0 unspecified atom stereocenters. The van der Waals surface area contributed by atoms with Gasteiger partial charge in [0, 0.05) is 0 Å². The summed E-state index contributed by atoms with van der Waals surface area (Å²) in [6.07, 6.45) is 10.3. The molecular weight excluding hydrogens is 408 g/mol. The van der Waals surface area contributed by atoms with Crippen LogP contribution in [0.3, 0.4) is 0 Å². The van der Waals surface area contributed by atoms with E-state index in [1.54, 1.807) is 13.8 Å². The molecule has 3 N–H and O–H groups in total. The zero-order valence-electron chi connectivity index (χ0n) is 22.6. The van der Waals surface area contributed by atoms with Crippen LogP contribution in [0.1, 0.15) is 113 Å². The van der Waals surface area contributed by atoms with Crippen LogP contribution in [0.5, 0.6) is 0 Å². The number of hydrogen-bond donors (Lipinski definition) is 3. The molecule has 33 heavy (non-hydrogen) atoms. The highest BCUT2D eigenvalue weighted by atomic mass is 16.3. The summed E-state index contributed by atoms with van der Waals surface area (Å²) < 4.78 is 0. The maximum Gasteiger partial charge on any atom is 0.0849 e. The largest absolute Gasteiger partial charge is 0.393 e. The highest BCUT2D eigenvalue weighted by Gasteiger charge is 2.68. The Morgan fingerprint density at radius 3 is 2.18 bits per heavy atom. The molecule has 0 aliphatic heterocycles. The summed E-state index contributed by atoms with van der Waals surface area (Å²) in [5.41, 5.74) is 1.28. The monoisotopic (exact) mass is 460 g/mol. The van der Waals surface area contributed by atoms with Gasteiger partial charge < -0.3 is 15.3 Å². The molecule has 4 fully saturated rings. The van der Waals surface area contributed by atoms with Crippen molar-refractivity contribution < 1.29 is 15.3 Å². The molecule has 3 heteroatoms.